The van der Waals surface area contributed by atoms with Crippen LogP contribution < -0.4 is 22.1 Å². The van der Waals surface area contributed by atoms with E-state index in [4.69, 9.17) is 23.1 Å². The molecule has 180 valence electrons. The van der Waals surface area contributed by atoms with Crippen molar-refractivity contribution in [2.45, 2.75) is 18.7 Å². The second-order valence-electron chi connectivity index (χ2n) is 6.60. The number of halogens is 2. The lowest BCUT2D eigenvalue weighted by Crippen LogP contribution is -2.41. The van der Waals surface area contributed by atoms with E-state index in [1.807, 2.05) is 6.07 Å². The van der Waals surface area contributed by atoms with Gasteiger partial charge in [0, 0.05) is 18.2 Å². The van der Waals surface area contributed by atoms with Gasteiger partial charge in [0.25, 0.3) is 10.0 Å². The highest BCUT2D eigenvalue weighted by Crippen LogP contribution is 2.32. The molecule has 3 rings (SSSR count). The van der Waals surface area contributed by atoms with Gasteiger partial charge in [-0.2, -0.15) is 13.4 Å². The van der Waals surface area contributed by atoms with Gasteiger partial charge >= 0.3 is 0 Å². The van der Waals surface area contributed by atoms with Crippen LogP contribution in [0.3, 0.4) is 0 Å². The minimum atomic E-state index is -4.15. The van der Waals surface area contributed by atoms with Gasteiger partial charge in [0.2, 0.25) is 23.0 Å². The second-order valence-corrected chi connectivity index (χ2v) is 9.57. The Hall–Kier alpha value is -3.26. The molecule has 0 saturated carbocycles. The molecule has 34 heavy (non-hydrogen) atoms. The smallest absolute Gasteiger partial charge is 0.285 e. The van der Waals surface area contributed by atoms with Gasteiger partial charge in [-0.3, -0.25) is 10.1 Å². The number of benzene rings is 2. The lowest BCUT2D eigenvalue weighted by Gasteiger charge is -2.08. The molecule has 0 atom stereocenters. The van der Waals surface area contributed by atoms with Gasteiger partial charge in [-0.05, 0) is 36.8 Å². The van der Waals surface area contributed by atoms with E-state index in [0.717, 1.165) is 11.3 Å². The van der Waals surface area contributed by atoms with Crippen LogP contribution in [-0.4, -0.2) is 36.4 Å². The quantitative estimate of drug-likeness (QED) is 0.280. The van der Waals surface area contributed by atoms with Gasteiger partial charge in [-0.25, -0.2) is 0 Å². The van der Waals surface area contributed by atoms with Crippen molar-refractivity contribution in [2.75, 3.05) is 5.32 Å². The van der Waals surface area contributed by atoms with Crippen LogP contribution >= 0.6 is 35.3 Å². The summed E-state index contributed by atoms with van der Waals surface area (Å²) in [7, 11) is -4.15. The number of anilines is 1. The minimum Gasteiger partial charge on any atom is -0.369 e. The number of nitrogens with one attached hydrogen (secondary N) is 2. The summed E-state index contributed by atoms with van der Waals surface area (Å²) >= 11 is 7.28. The van der Waals surface area contributed by atoms with Crippen LogP contribution in [0.2, 0.25) is 5.02 Å². The first-order chi connectivity index (χ1) is 15.5. The van der Waals surface area contributed by atoms with Gasteiger partial charge in [-0.1, -0.05) is 41.1 Å². The summed E-state index contributed by atoms with van der Waals surface area (Å²) in [6.45, 7) is 3.01. The molecular formula is C19H20Cl2N8O3S2. The Morgan fingerprint density at radius 3 is 2.47 bits per heavy atom. The highest BCUT2D eigenvalue weighted by Gasteiger charge is 2.16. The minimum absolute atomic E-state index is 0. The number of rotatable bonds is 5. The van der Waals surface area contributed by atoms with Gasteiger partial charge in [0.1, 0.15) is 0 Å². The first-order valence-corrected chi connectivity index (χ1v) is 11.9. The standard InChI is InChI=1S/C19H19ClN8O3S2.ClH/c1-10-9-12(7-8-15(10)23-11(2)29)33(30,31)28-18(22)24-17(21)25-19-27-26-16(32-19)13-5-3-4-6-14(13)20;/h3-9H,1-2H3,(H,23,29)(H5,21,22,24,25,27,28);1H. The van der Waals surface area contributed by atoms with E-state index in [1.165, 1.54) is 25.1 Å². The van der Waals surface area contributed by atoms with E-state index in [2.05, 4.69) is 30.2 Å². The average Bonchev–Trinajstić information content (AvgIpc) is 3.16. The maximum atomic E-state index is 12.6. The predicted molar refractivity (Wildman–Crippen MR) is 136 cm³/mol. The molecule has 15 heteroatoms. The molecule has 0 unspecified atom stereocenters. The molecule has 1 aromatic heterocycles. The maximum absolute atomic E-state index is 12.6. The Balaban J connectivity index is 0.00000408. The monoisotopic (exact) mass is 542 g/mol. The Morgan fingerprint density at radius 2 is 1.82 bits per heavy atom. The van der Waals surface area contributed by atoms with Gasteiger partial charge < -0.3 is 16.8 Å². The van der Waals surface area contributed by atoms with Gasteiger partial charge in [-0.15, -0.1) is 27.0 Å². The summed E-state index contributed by atoms with van der Waals surface area (Å²) in [5, 5.41) is 14.2. The molecule has 11 nitrogen and oxygen atoms in total. The molecule has 0 fully saturated rings. The van der Waals surface area contributed by atoms with Crippen LogP contribution in [0.1, 0.15) is 12.5 Å². The highest BCUT2D eigenvalue weighted by molar-refractivity contribution is 7.90. The average molecular weight is 543 g/mol. The summed E-state index contributed by atoms with van der Waals surface area (Å²) in [6, 6.07) is 11.3. The number of hydrogen-bond donors (Lipinski definition) is 4. The Bertz CT molecular complexity index is 1370. The van der Waals surface area contributed by atoms with Crippen molar-refractivity contribution < 1.29 is 13.2 Å². The third-order valence-corrected chi connectivity index (χ3v) is 6.48. The topological polar surface area (TPSA) is 178 Å². The number of amides is 1. The summed E-state index contributed by atoms with van der Waals surface area (Å²) in [5.41, 5.74) is 13.2. The van der Waals surface area contributed by atoms with E-state index >= 15 is 0 Å². The molecule has 0 saturated heterocycles. The van der Waals surface area contributed by atoms with Crippen molar-refractivity contribution in [3.8, 4) is 10.6 Å². The molecule has 1 amide bonds. The molecule has 0 spiro atoms. The fourth-order valence-electron chi connectivity index (χ4n) is 2.60. The number of nitrogens with zero attached hydrogens (tertiary/aromatic N) is 4. The zero-order valence-corrected chi connectivity index (χ0v) is 21.0. The first kappa shape index (κ1) is 27.0. The van der Waals surface area contributed by atoms with E-state index in [9.17, 15) is 13.2 Å². The lowest BCUT2D eigenvalue weighted by atomic mass is 10.2. The lowest BCUT2D eigenvalue weighted by molar-refractivity contribution is -0.114. The molecule has 2 aromatic carbocycles. The summed E-state index contributed by atoms with van der Waals surface area (Å²) in [6.07, 6.45) is 0. The van der Waals surface area contributed by atoms with Gasteiger partial charge in [0.05, 0.1) is 9.92 Å². The third kappa shape index (κ3) is 6.87. The molecule has 1 heterocycles. The number of nitrogens with two attached hydrogens (primary N) is 2. The van der Waals surface area contributed by atoms with E-state index in [1.54, 1.807) is 25.1 Å². The third-order valence-electron chi connectivity index (χ3n) is 4.02. The summed E-state index contributed by atoms with van der Waals surface area (Å²) in [5.74, 6) is -0.995. The number of sulfonamides is 1. The number of aliphatic imine (C=N–C) groups is 1. The SMILES string of the molecule is CC(=O)Nc1ccc(S(=O)(=O)/N=C(/N)N/C(N)=N/c2nnc(-c3ccccc3Cl)s2)cc1C.Cl. The molecular weight excluding hydrogens is 523 g/mol. The normalized spacial score (nSPS) is 12.1. The molecule has 0 aliphatic carbocycles. The molecule has 0 bridgehead atoms. The zero-order chi connectivity index (χ0) is 24.2. The number of aryl methyl sites for hydroxylation is 1. The Kier molecular flexibility index (Phi) is 8.93. The molecule has 0 aliphatic rings. The van der Waals surface area contributed by atoms with Crippen molar-refractivity contribution in [1.82, 2.24) is 15.5 Å². The van der Waals surface area contributed by atoms with E-state index in [0.29, 0.717) is 26.8 Å². The van der Waals surface area contributed by atoms with Crippen LogP contribution in [0.4, 0.5) is 10.8 Å². The van der Waals surface area contributed by atoms with Crippen molar-refractivity contribution in [2.24, 2.45) is 20.9 Å². The van der Waals surface area contributed by atoms with Crippen molar-refractivity contribution >= 4 is 74.0 Å². The van der Waals surface area contributed by atoms with E-state index in [-0.39, 0.29) is 34.3 Å². The van der Waals surface area contributed by atoms with Crippen molar-refractivity contribution in [3.05, 3.63) is 53.1 Å². The Labute approximate surface area is 210 Å². The van der Waals surface area contributed by atoms with Crippen molar-refractivity contribution in [1.29, 1.82) is 0 Å². The van der Waals surface area contributed by atoms with E-state index < -0.39 is 16.0 Å². The fraction of sp³-hybridized carbons (Fsp3) is 0.105. The first-order valence-electron chi connectivity index (χ1n) is 9.23. The zero-order valence-electron chi connectivity index (χ0n) is 17.8. The molecule has 0 radical (unpaired) electrons. The number of hydrogen-bond acceptors (Lipinski definition) is 7. The largest absolute Gasteiger partial charge is 0.369 e. The number of guanidine groups is 2. The van der Waals surface area contributed by atoms with Gasteiger partial charge in [0.15, 0.2) is 5.01 Å². The fourth-order valence-corrected chi connectivity index (χ4v) is 4.62. The number of aromatic nitrogens is 2. The number of carbonyl (C=O) groups is 1. The van der Waals surface area contributed by atoms with Crippen molar-refractivity contribution in [3.63, 3.8) is 0 Å². The van der Waals surface area contributed by atoms with Crippen LogP contribution in [0.25, 0.3) is 10.6 Å². The highest BCUT2D eigenvalue weighted by atomic mass is 35.5. The second kappa shape index (κ2) is 11.2. The summed E-state index contributed by atoms with van der Waals surface area (Å²) < 4.78 is 28.6. The number of carbonyl (C=O) groups excluding carboxylic acids is 1. The van der Waals surface area contributed by atoms with Crippen LogP contribution in [0.5, 0.6) is 0 Å². The maximum Gasteiger partial charge on any atom is 0.285 e. The predicted octanol–water partition coefficient (Wildman–Crippen LogP) is 2.79. The Morgan fingerprint density at radius 1 is 1.12 bits per heavy atom. The van der Waals surface area contributed by atoms with Crippen LogP contribution in [0.15, 0.2) is 56.8 Å². The molecule has 6 N–H and O–H groups in total. The summed E-state index contributed by atoms with van der Waals surface area (Å²) in [4.78, 5) is 15.1. The van der Waals surface area contributed by atoms with Crippen LogP contribution in [0, 0.1) is 6.92 Å². The molecule has 3 aromatic rings. The van der Waals surface area contributed by atoms with Crippen LogP contribution in [-0.2, 0) is 14.8 Å². The molecule has 0 aliphatic heterocycles.